The highest BCUT2D eigenvalue weighted by molar-refractivity contribution is 5.85. The van der Waals surface area contributed by atoms with Crippen LogP contribution in [0.5, 0.6) is 0 Å². The minimum Gasteiger partial charge on any atom is -0.299 e. The van der Waals surface area contributed by atoms with Gasteiger partial charge in [-0.3, -0.25) is 4.79 Å². The summed E-state index contributed by atoms with van der Waals surface area (Å²) in [7, 11) is 0. The zero-order valence-corrected chi connectivity index (χ0v) is 5.60. The molecule has 0 aromatic heterocycles. The lowest BCUT2D eigenvalue weighted by molar-refractivity contribution is -0.125. The molecule has 0 aromatic rings. The Balaban J connectivity index is 2.19. The van der Waals surface area contributed by atoms with Crippen LogP contribution in [0.4, 0.5) is 0 Å². The maximum absolute atomic E-state index is 11.2. The molecule has 0 radical (unpaired) electrons. The van der Waals surface area contributed by atoms with Crippen LogP contribution in [0.15, 0.2) is 0 Å². The Bertz CT molecular complexity index is 122. The van der Waals surface area contributed by atoms with Gasteiger partial charge in [-0.25, -0.2) is 0 Å². The van der Waals surface area contributed by atoms with Crippen molar-refractivity contribution < 1.29 is 4.79 Å². The molecule has 0 N–H and O–H groups in total. The van der Waals surface area contributed by atoms with Crippen LogP contribution in [0.1, 0.15) is 32.1 Å². The molecular formula is C8H12O. The second-order valence-electron chi connectivity index (χ2n) is 3.30. The third-order valence-electron chi connectivity index (χ3n) is 2.77. The minimum absolute atomic E-state index is 0.490. The van der Waals surface area contributed by atoms with Gasteiger partial charge in [0.25, 0.3) is 0 Å². The van der Waals surface area contributed by atoms with Crippen molar-refractivity contribution in [1.29, 1.82) is 0 Å². The highest BCUT2D eigenvalue weighted by Crippen LogP contribution is 2.38. The summed E-state index contributed by atoms with van der Waals surface area (Å²) in [4.78, 5) is 11.2. The van der Waals surface area contributed by atoms with Gasteiger partial charge in [0.05, 0.1) is 0 Å². The maximum Gasteiger partial charge on any atom is 0.139 e. The molecule has 2 rings (SSSR count). The van der Waals surface area contributed by atoms with Gasteiger partial charge in [0.1, 0.15) is 5.78 Å². The first-order valence-electron chi connectivity index (χ1n) is 3.91. The summed E-state index contributed by atoms with van der Waals surface area (Å²) in [6, 6.07) is 0. The van der Waals surface area contributed by atoms with Crippen LogP contribution in [-0.4, -0.2) is 5.78 Å². The van der Waals surface area contributed by atoms with E-state index in [2.05, 4.69) is 0 Å². The van der Waals surface area contributed by atoms with E-state index in [1.807, 2.05) is 0 Å². The van der Waals surface area contributed by atoms with Crippen molar-refractivity contribution in [3.05, 3.63) is 0 Å². The van der Waals surface area contributed by atoms with Gasteiger partial charge in [0.15, 0.2) is 0 Å². The lowest BCUT2D eigenvalue weighted by Gasteiger charge is -2.15. The Morgan fingerprint density at radius 3 is 2.00 bits per heavy atom. The smallest absolute Gasteiger partial charge is 0.139 e. The number of carbonyl (C=O) groups excluding carboxylic acids is 1. The second-order valence-corrected chi connectivity index (χ2v) is 3.30. The first kappa shape index (κ1) is 5.45. The number of hydrogen-bond acceptors (Lipinski definition) is 1. The summed E-state index contributed by atoms with van der Waals surface area (Å²) >= 11 is 0. The standard InChI is InChI=1S/C8H12O/c9-8-6-2-1-3-7(8)5-4-6/h6-7H,1-5H2/t6-,7-/m1/s1. The Hall–Kier alpha value is -0.330. The fraction of sp³-hybridized carbons (Fsp3) is 0.875. The van der Waals surface area contributed by atoms with Gasteiger partial charge in [0.2, 0.25) is 0 Å². The molecular weight excluding hydrogens is 112 g/mol. The number of carbonyl (C=O) groups is 1. The van der Waals surface area contributed by atoms with Crippen molar-refractivity contribution in [3.63, 3.8) is 0 Å². The summed E-state index contributed by atoms with van der Waals surface area (Å²) < 4.78 is 0. The lowest BCUT2D eigenvalue weighted by atomic mass is 9.88. The average molecular weight is 124 g/mol. The minimum atomic E-state index is 0.490. The maximum atomic E-state index is 11.2. The van der Waals surface area contributed by atoms with E-state index in [0.29, 0.717) is 17.6 Å². The quantitative estimate of drug-likeness (QED) is 0.481. The monoisotopic (exact) mass is 124 g/mol. The molecule has 0 spiro atoms. The van der Waals surface area contributed by atoms with E-state index in [4.69, 9.17) is 0 Å². The Morgan fingerprint density at radius 1 is 1.00 bits per heavy atom. The SMILES string of the molecule is O=C1[C@@H]2CCC[C@@H]1CC2. The van der Waals surface area contributed by atoms with E-state index in [-0.39, 0.29) is 0 Å². The molecule has 1 heteroatoms. The Morgan fingerprint density at radius 2 is 1.56 bits per heavy atom. The normalized spacial score (nSPS) is 41.6. The van der Waals surface area contributed by atoms with Crippen molar-refractivity contribution in [3.8, 4) is 0 Å². The summed E-state index contributed by atoms with van der Waals surface area (Å²) in [6.07, 6.45) is 6.08. The van der Waals surface area contributed by atoms with Crippen LogP contribution in [-0.2, 0) is 4.79 Å². The van der Waals surface area contributed by atoms with E-state index in [1.54, 1.807) is 0 Å². The molecule has 2 saturated carbocycles. The van der Waals surface area contributed by atoms with E-state index >= 15 is 0 Å². The van der Waals surface area contributed by atoms with Gasteiger partial charge in [-0.1, -0.05) is 6.42 Å². The molecule has 2 aliphatic rings. The second kappa shape index (κ2) is 1.83. The Kier molecular flexibility index (Phi) is 1.11. The lowest BCUT2D eigenvalue weighted by Crippen LogP contribution is -2.18. The molecule has 50 valence electrons. The zero-order chi connectivity index (χ0) is 6.27. The van der Waals surface area contributed by atoms with Crippen LogP contribution in [0.3, 0.4) is 0 Å². The number of ketones is 1. The van der Waals surface area contributed by atoms with Gasteiger partial charge in [0, 0.05) is 11.8 Å². The van der Waals surface area contributed by atoms with E-state index in [0.717, 1.165) is 0 Å². The molecule has 0 saturated heterocycles. The zero-order valence-electron chi connectivity index (χ0n) is 5.60. The molecule has 0 amide bonds. The van der Waals surface area contributed by atoms with Gasteiger partial charge in [-0.2, -0.15) is 0 Å². The average Bonchev–Trinajstić information content (AvgIpc) is 2.19. The molecule has 9 heavy (non-hydrogen) atoms. The molecule has 0 heterocycles. The predicted molar refractivity (Wildman–Crippen MR) is 35.1 cm³/mol. The van der Waals surface area contributed by atoms with Crippen molar-refractivity contribution in [1.82, 2.24) is 0 Å². The molecule has 0 aliphatic heterocycles. The van der Waals surface area contributed by atoms with Crippen molar-refractivity contribution in [2.24, 2.45) is 11.8 Å². The number of rotatable bonds is 0. The fourth-order valence-corrected chi connectivity index (χ4v) is 2.20. The summed E-state index contributed by atoms with van der Waals surface area (Å²) in [5.41, 5.74) is 0. The molecule has 2 aliphatic carbocycles. The molecule has 0 unspecified atom stereocenters. The van der Waals surface area contributed by atoms with Crippen LogP contribution in [0.25, 0.3) is 0 Å². The number of Topliss-reactive ketones (excluding diaryl/α,β-unsaturated/α-hetero) is 1. The van der Waals surface area contributed by atoms with E-state index in [1.165, 1.54) is 32.1 Å². The number of hydrogen-bond donors (Lipinski definition) is 0. The largest absolute Gasteiger partial charge is 0.299 e. The van der Waals surface area contributed by atoms with Crippen LogP contribution < -0.4 is 0 Å². The predicted octanol–water partition coefficient (Wildman–Crippen LogP) is 1.77. The molecule has 0 aromatic carbocycles. The molecule has 2 atom stereocenters. The first-order valence-corrected chi connectivity index (χ1v) is 3.91. The fourth-order valence-electron chi connectivity index (χ4n) is 2.20. The number of fused-ring (bicyclic) bond motifs is 2. The van der Waals surface area contributed by atoms with Crippen LogP contribution in [0.2, 0.25) is 0 Å². The van der Waals surface area contributed by atoms with Crippen LogP contribution >= 0.6 is 0 Å². The van der Waals surface area contributed by atoms with Crippen molar-refractivity contribution in [2.75, 3.05) is 0 Å². The first-order chi connectivity index (χ1) is 4.38. The summed E-state index contributed by atoms with van der Waals surface area (Å²) in [5.74, 6) is 1.56. The molecule has 1 nitrogen and oxygen atoms in total. The third kappa shape index (κ3) is 0.707. The topological polar surface area (TPSA) is 17.1 Å². The van der Waals surface area contributed by atoms with Gasteiger partial charge in [-0.05, 0) is 25.7 Å². The van der Waals surface area contributed by atoms with E-state index in [9.17, 15) is 4.79 Å². The van der Waals surface area contributed by atoms with Crippen molar-refractivity contribution >= 4 is 5.78 Å². The molecule has 2 fully saturated rings. The Labute approximate surface area is 55.4 Å². The summed E-state index contributed by atoms with van der Waals surface area (Å²) in [5, 5.41) is 0. The van der Waals surface area contributed by atoms with Gasteiger partial charge in [-0.15, -0.1) is 0 Å². The third-order valence-corrected chi connectivity index (χ3v) is 2.77. The summed E-state index contributed by atoms with van der Waals surface area (Å²) in [6.45, 7) is 0. The van der Waals surface area contributed by atoms with Gasteiger partial charge >= 0.3 is 0 Å². The molecule has 2 bridgehead atoms. The highest BCUT2D eigenvalue weighted by atomic mass is 16.1. The van der Waals surface area contributed by atoms with E-state index < -0.39 is 0 Å². The van der Waals surface area contributed by atoms with Crippen molar-refractivity contribution in [2.45, 2.75) is 32.1 Å². The highest BCUT2D eigenvalue weighted by Gasteiger charge is 2.36. The van der Waals surface area contributed by atoms with Crippen LogP contribution in [0, 0.1) is 11.8 Å². The van der Waals surface area contributed by atoms with Gasteiger partial charge < -0.3 is 0 Å².